The van der Waals surface area contributed by atoms with E-state index in [1.54, 1.807) is 6.08 Å². The first-order valence-corrected chi connectivity index (χ1v) is 21.3. The fourth-order valence-corrected chi connectivity index (χ4v) is 6.55. The van der Waals surface area contributed by atoms with E-state index in [4.69, 9.17) is 0 Å². The van der Waals surface area contributed by atoms with E-state index >= 15 is 0 Å². The molecule has 3 N–H and O–H groups in total. The summed E-state index contributed by atoms with van der Waals surface area (Å²) in [6.45, 7) is 4.46. The van der Waals surface area contributed by atoms with Gasteiger partial charge in [0.25, 0.3) is 10.1 Å². The molecule has 276 valence electrons. The molecule has 7 heteroatoms. The minimum Gasteiger partial charge on any atom is -0.387 e. The van der Waals surface area contributed by atoms with Crippen LogP contribution >= 0.6 is 0 Å². The van der Waals surface area contributed by atoms with Crippen molar-refractivity contribution in [2.45, 2.75) is 206 Å². The second kappa shape index (κ2) is 34.4. The number of nitrogens with one attached hydrogen (secondary N) is 1. The number of aliphatic hydroxyl groups excluding tert-OH is 1. The molecular weight excluding hydrogens is 607 g/mol. The van der Waals surface area contributed by atoms with Crippen molar-refractivity contribution in [3.8, 4) is 0 Å². The van der Waals surface area contributed by atoms with Gasteiger partial charge < -0.3 is 10.4 Å². The molecule has 0 saturated carbocycles. The Morgan fingerprint density at radius 1 is 0.553 bits per heavy atom. The molecule has 0 aromatic rings. The van der Waals surface area contributed by atoms with Gasteiger partial charge >= 0.3 is 0 Å². The number of carbonyl (C=O) groups is 1. The van der Waals surface area contributed by atoms with Crippen molar-refractivity contribution in [3.05, 3.63) is 36.5 Å². The second-order valence-corrected chi connectivity index (χ2v) is 15.0. The molecule has 0 aliphatic rings. The lowest BCUT2D eigenvalue weighted by Crippen LogP contribution is -2.46. The molecule has 2 atom stereocenters. The number of allylic oxidation sites excluding steroid dienone is 5. The maximum absolute atomic E-state index is 12.4. The van der Waals surface area contributed by atoms with Crippen molar-refractivity contribution in [1.82, 2.24) is 5.32 Å². The Hall–Kier alpha value is -1.44. The number of hydrogen-bond acceptors (Lipinski definition) is 4. The summed E-state index contributed by atoms with van der Waals surface area (Å²) in [6.07, 6.45) is 44.4. The lowest BCUT2D eigenvalue weighted by molar-refractivity contribution is -0.122. The summed E-state index contributed by atoms with van der Waals surface area (Å²) in [5.41, 5.74) is 0. The Balaban J connectivity index is 3.81. The fraction of sp³-hybridized carbons (Fsp3) is 0.825. The molecule has 0 aromatic carbocycles. The van der Waals surface area contributed by atoms with Crippen molar-refractivity contribution in [3.63, 3.8) is 0 Å². The third kappa shape index (κ3) is 35.7. The standard InChI is InChI=1S/C40H75NO5S/c1-3-5-7-9-11-13-14-15-16-17-18-19-20-21-22-23-24-25-26-28-30-32-34-36-40(43)41-38(37-47(44,45)46)39(42)35-33-31-29-27-12-10-8-6-4-2/h12,17-18,27,33,35,38-39,42H,3-11,13-16,19-26,28-32,34,36-37H2,1-2H3,(H,41,43)(H,44,45,46)/b18-17-,27-12+,35-33+. The van der Waals surface area contributed by atoms with Crippen LogP contribution in [0.25, 0.3) is 0 Å². The molecule has 0 saturated heterocycles. The van der Waals surface area contributed by atoms with Gasteiger partial charge in [-0.25, -0.2) is 0 Å². The SMILES string of the molecule is CCCCC/C=C/CC/C=C/C(O)C(CS(=O)(=O)O)NC(=O)CCCCCCCCCCCCC/C=C\CCCCCCCCCC. The maximum Gasteiger partial charge on any atom is 0.267 e. The Morgan fingerprint density at radius 2 is 0.915 bits per heavy atom. The van der Waals surface area contributed by atoms with Crippen LogP contribution in [0.4, 0.5) is 0 Å². The van der Waals surface area contributed by atoms with Crippen LogP contribution in [-0.4, -0.2) is 41.9 Å². The number of rotatable bonds is 35. The topological polar surface area (TPSA) is 104 Å². The highest BCUT2D eigenvalue weighted by atomic mass is 32.2. The zero-order chi connectivity index (χ0) is 34.7. The van der Waals surface area contributed by atoms with E-state index in [0.717, 1.165) is 32.1 Å². The van der Waals surface area contributed by atoms with E-state index in [1.165, 1.54) is 141 Å². The highest BCUT2D eigenvalue weighted by molar-refractivity contribution is 7.85. The number of hydrogen-bond donors (Lipinski definition) is 3. The average molecular weight is 682 g/mol. The minimum absolute atomic E-state index is 0.287. The predicted octanol–water partition coefficient (Wildman–Crippen LogP) is 11.4. The predicted molar refractivity (Wildman–Crippen MR) is 202 cm³/mol. The maximum atomic E-state index is 12.4. The lowest BCUT2D eigenvalue weighted by atomic mass is 10.0. The van der Waals surface area contributed by atoms with Crippen LogP contribution in [0.3, 0.4) is 0 Å². The molecule has 47 heavy (non-hydrogen) atoms. The zero-order valence-corrected chi connectivity index (χ0v) is 31.5. The van der Waals surface area contributed by atoms with Gasteiger partial charge in [0.1, 0.15) is 0 Å². The van der Waals surface area contributed by atoms with E-state index in [0.29, 0.717) is 6.42 Å². The lowest BCUT2D eigenvalue weighted by Gasteiger charge is -2.21. The van der Waals surface area contributed by atoms with Gasteiger partial charge in [-0.2, -0.15) is 8.42 Å². The summed E-state index contributed by atoms with van der Waals surface area (Å²) in [6, 6.07) is -1.07. The first kappa shape index (κ1) is 45.6. The molecule has 0 heterocycles. The molecule has 2 unspecified atom stereocenters. The van der Waals surface area contributed by atoms with Crippen molar-refractivity contribution >= 4 is 16.0 Å². The molecule has 0 bridgehead atoms. The zero-order valence-electron chi connectivity index (χ0n) is 30.7. The first-order chi connectivity index (χ1) is 22.8. The average Bonchev–Trinajstić information content (AvgIpc) is 3.03. The molecule has 0 radical (unpaired) electrons. The summed E-state index contributed by atoms with van der Waals surface area (Å²) < 4.78 is 32.3. The molecule has 6 nitrogen and oxygen atoms in total. The quantitative estimate of drug-likeness (QED) is 0.0351. The fourth-order valence-electron chi connectivity index (χ4n) is 5.81. The summed E-state index contributed by atoms with van der Waals surface area (Å²) in [7, 11) is -4.34. The summed E-state index contributed by atoms with van der Waals surface area (Å²) in [5, 5.41) is 13.1. The number of unbranched alkanes of at least 4 members (excludes halogenated alkanes) is 23. The largest absolute Gasteiger partial charge is 0.387 e. The highest BCUT2D eigenvalue weighted by Gasteiger charge is 2.24. The molecule has 0 aliphatic carbocycles. The van der Waals surface area contributed by atoms with Gasteiger partial charge in [-0.1, -0.05) is 166 Å². The summed E-state index contributed by atoms with van der Waals surface area (Å²) in [5.74, 6) is -1.00. The van der Waals surface area contributed by atoms with Crippen LogP contribution < -0.4 is 5.32 Å². The smallest absolute Gasteiger partial charge is 0.267 e. The third-order valence-electron chi connectivity index (χ3n) is 8.79. The van der Waals surface area contributed by atoms with E-state index in [-0.39, 0.29) is 12.3 Å². The number of aliphatic hydroxyl groups is 1. The monoisotopic (exact) mass is 682 g/mol. The Labute approximate surface area is 291 Å². The van der Waals surface area contributed by atoms with Gasteiger partial charge in [0.15, 0.2) is 0 Å². The second-order valence-electron chi connectivity index (χ2n) is 13.5. The van der Waals surface area contributed by atoms with Gasteiger partial charge in [0.2, 0.25) is 5.91 Å². The third-order valence-corrected chi connectivity index (χ3v) is 9.57. The van der Waals surface area contributed by atoms with E-state index in [1.807, 2.05) is 0 Å². The van der Waals surface area contributed by atoms with Crippen LogP contribution in [0.1, 0.15) is 194 Å². The number of carbonyl (C=O) groups excluding carboxylic acids is 1. The van der Waals surface area contributed by atoms with Crippen molar-refractivity contribution in [2.24, 2.45) is 0 Å². The van der Waals surface area contributed by atoms with E-state index in [9.17, 15) is 22.9 Å². The van der Waals surface area contributed by atoms with Crippen LogP contribution in [0, 0.1) is 0 Å². The van der Waals surface area contributed by atoms with Crippen LogP contribution in [0.2, 0.25) is 0 Å². The normalized spacial score (nSPS) is 13.7. The van der Waals surface area contributed by atoms with E-state index in [2.05, 4.69) is 43.5 Å². The molecule has 1 amide bonds. The van der Waals surface area contributed by atoms with Crippen LogP contribution in [-0.2, 0) is 14.9 Å². The van der Waals surface area contributed by atoms with Gasteiger partial charge in [-0.15, -0.1) is 0 Å². The first-order valence-electron chi connectivity index (χ1n) is 19.7. The van der Waals surface area contributed by atoms with Gasteiger partial charge in [0.05, 0.1) is 17.9 Å². The molecule has 0 fully saturated rings. The number of amides is 1. The molecule has 0 aliphatic heterocycles. The van der Waals surface area contributed by atoms with Crippen LogP contribution in [0.15, 0.2) is 36.5 Å². The Kier molecular flexibility index (Phi) is 33.4. The Morgan fingerprint density at radius 3 is 1.38 bits per heavy atom. The van der Waals surface area contributed by atoms with Crippen molar-refractivity contribution in [1.29, 1.82) is 0 Å². The molecular formula is C40H75NO5S. The van der Waals surface area contributed by atoms with Crippen molar-refractivity contribution in [2.75, 3.05) is 5.75 Å². The van der Waals surface area contributed by atoms with E-state index < -0.39 is 28.0 Å². The molecule has 0 spiro atoms. The highest BCUT2D eigenvalue weighted by Crippen LogP contribution is 2.14. The summed E-state index contributed by atoms with van der Waals surface area (Å²) >= 11 is 0. The Bertz CT molecular complexity index is 883. The minimum atomic E-state index is -4.34. The summed E-state index contributed by atoms with van der Waals surface area (Å²) in [4.78, 5) is 12.4. The van der Waals surface area contributed by atoms with Gasteiger partial charge in [-0.3, -0.25) is 9.35 Å². The van der Waals surface area contributed by atoms with Crippen molar-refractivity contribution < 1.29 is 22.9 Å². The van der Waals surface area contributed by atoms with Crippen LogP contribution in [0.5, 0.6) is 0 Å². The van der Waals surface area contributed by atoms with Gasteiger partial charge in [-0.05, 0) is 57.8 Å². The molecule has 0 aromatic heterocycles. The molecule has 0 rings (SSSR count). The van der Waals surface area contributed by atoms with Gasteiger partial charge in [0, 0.05) is 6.42 Å².